The first-order valence-electron chi connectivity index (χ1n) is 13.4. The number of anilines is 1. The number of aryl methyl sites for hydroxylation is 1. The van der Waals surface area contributed by atoms with Crippen LogP contribution in [0.15, 0.2) is 49.0 Å². The van der Waals surface area contributed by atoms with Crippen molar-refractivity contribution >= 4 is 11.4 Å². The number of piperidine rings is 1. The van der Waals surface area contributed by atoms with Crippen molar-refractivity contribution < 1.29 is 9.13 Å². The van der Waals surface area contributed by atoms with Crippen LogP contribution in [0, 0.1) is 19.3 Å². The third-order valence-corrected chi connectivity index (χ3v) is 7.65. The van der Waals surface area contributed by atoms with Crippen LogP contribution in [0.4, 0.5) is 10.1 Å². The summed E-state index contributed by atoms with van der Waals surface area (Å²) in [4.78, 5) is 7.50. The second kappa shape index (κ2) is 13.1. The molecule has 0 N–H and O–H groups in total. The molecule has 5 heteroatoms. The molecule has 0 radical (unpaired) electrons. The number of hydrogen-bond acceptors (Lipinski definition) is 4. The highest BCUT2D eigenvalue weighted by atomic mass is 19.1. The van der Waals surface area contributed by atoms with Crippen LogP contribution >= 0.6 is 0 Å². The molecule has 0 saturated carbocycles. The second-order valence-electron chi connectivity index (χ2n) is 10.9. The lowest BCUT2D eigenvalue weighted by Gasteiger charge is -2.38. The number of alkyl halides is 1. The van der Waals surface area contributed by atoms with Gasteiger partial charge in [-0.3, -0.25) is 4.39 Å². The van der Waals surface area contributed by atoms with Crippen LogP contribution < -0.4 is 9.64 Å². The zero-order chi connectivity index (χ0) is 26.1. The number of benzene rings is 2. The fraction of sp³-hybridized carbons (Fsp3) is 0.548. The largest absolute Gasteiger partial charge is 0.494 e. The van der Waals surface area contributed by atoms with Crippen molar-refractivity contribution in [3.63, 3.8) is 0 Å². The molecular weight excluding hydrogens is 449 g/mol. The topological polar surface area (TPSA) is 19.0 Å². The van der Waals surface area contributed by atoms with Gasteiger partial charge in [0.15, 0.2) is 0 Å². The first-order chi connectivity index (χ1) is 17.3. The summed E-state index contributed by atoms with van der Waals surface area (Å²) in [5.41, 5.74) is 6.84. The number of hydrogen-bond donors (Lipinski definition) is 0. The van der Waals surface area contributed by atoms with Gasteiger partial charge in [-0.1, -0.05) is 38.6 Å². The van der Waals surface area contributed by atoms with E-state index < -0.39 is 0 Å². The third-order valence-electron chi connectivity index (χ3n) is 7.65. The molecule has 36 heavy (non-hydrogen) atoms. The lowest BCUT2D eigenvalue weighted by molar-refractivity contribution is 0.111. The Bertz CT molecular complexity index is 964. The Morgan fingerprint density at radius 3 is 2.33 bits per heavy atom. The van der Waals surface area contributed by atoms with E-state index in [0.717, 1.165) is 57.2 Å². The van der Waals surface area contributed by atoms with Crippen LogP contribution in [-0.4, -0.2) is 69.4 Å². The van der Waals surface area contributed by atoms with Crippen molar-refractivity contribution in [1.29, 1.82) is 0 Å². The second-order valence-corrected chi connectivity index (χ2v) is 10.9. The van der Waals surface area contributed by atoms with Gasteiger partial charge in [-0.2, -0.15) is 0 Å². The molecule has 198 valence electrons. The Labute approximate surface area is 218 Å². The van der Waals surface area contributed by atoms with Gasteiger partial charge in [0.1, 0.15) is 5.75 Å². The predicted octanol–water partition coefficient (Wildman–Crippen LogP) is 6.57. The lowest BCUT2D eigenvalue weighted by Crippen LogP contribution is -2.45. The summed E-state index contributed by atoms with van der Waals surface area (Å²) < 4.78 is 15.5. The molecule has 0 amide bonds. The van der Waals surface area contributed by atoms with Gasteiger partial charge in [-0.15, -0.1) is 0 Å². The van der Waals surface area contributed by atoms with Crippen LogP contribution in [0.25, 0.3) is 5.70 Å². The molecule has 0 aromatic heterocycles. The minimum absolute atomic E-state index is 0.465. The van der Waals surface area contributed by atoms with E-state index in [-0.39, 0.29) is 0 Å². The first-order valence-corrected chi connectivity index (χ1v) is 13.4. The van der Waals surface area contributed by atoms with Gasteiger partial charge in [0.25, 0.3) is 0 Å². The molecule has 0 spiro atoms. The van der Waals surface area contributed by atoms with Crippen molar-refractivity contribution in [2.75, 3.05) is 64.5 Å². The summed E-state index contributed by atoms with van der Waals surface area (Å²) in [7, 11) is 0.500. The van der Waals surface area contributed by atoms with Gasteiger partial charge in [0.05, 0.1) is 13.8 Å². The quantitative estimate of drug-likeness (QED) is 0.385. The fourth-order valence-corrected chi connectivity index (χ4v) is 5.44. The highest BCUT2D eigenvalue weighted by Gasteiger charge is 2.25. The van der Waals surface area contributed by atoms with Gasteiger partial charge in [-0.05, 0) is 80.5 Å². The number of piperazine rings is 1. The fourth-order valence-electron chi connectivity index (χ4n) is 5.44. The van der Waals surface area contributed by atoms with Gasteiger partial charge in [0.2, 0.25) is 0 Å². The van der Waals surface area contributed by atoms with Crippen molar-refractivity contribution in [1.82, 2.24) is 9.80 Å². The molecule has 2 aliphatic rings. The average molecular weight is 496 g/mol. The van der Waals surface area contributed by atoms with Crippen LogP contribution in [0.1, 0.15) is 49.8 Å². The molecule has 2 aromatic rings. The van der Waals surface area contributed by atoms with Crippen LogP contribution in [-0.2, 0) is 0 Å². The number of nitrogens with zero attached hydrogens (tertiary/aromatic N) is 3. The standard InChI is InChI=1S/C30H43N3O.CH3F/c1-24-9-6-10-29(25(24)2)26(3)32-18-20-33(21-19-32)27-11-13-28(14-12-27)34-22-8-17-31-16-7-15-30(4,5)23-31;1-2/h6,9-14H,3,7-8,15-23H2,1-2,4-5H3;1H3. The summed E-state index contributed by atoms with van der Waals surface area (Å²) in [6, 6.07) is 15.2. The summed E-state index contributed by atoms with van der Waals surface area (Å²) in [6.45, 7) is 22.0. The molecule has 4 nitrogen and oxygen atoms in total. The van der Waals surface area contributed by atoms with Crippen molar-refractivity contribution in [2.45, 2.75) is 47.0 Å². The van der Waals surface area contributed by atoms with E-state index in [9.17, 15) is 4.39 Å². The molecule has 0 atom stereocenters. The molecule has 2 aromatic carbocycles. The summed E-state index contributed by atoms with van der Waals surface area (Å²) in [5.74, 6) is 0.977. The maximum atomic E-state index is 9.50. The molecule has 0 aliphatic carbocycles. The average Bonchev–Trinajstić information content (AvgIpc) is 2.89. The summed E-state index contributed by atoms with van der Waals surface area (Å²) in [6.07, 6.45) is 3.76. The smallest absolute Gasteiger partial charge is 0.119 e. The maximum Gasteiger partial charge on any atom is 0.119 e. The van der Waals surface area contributed by atoms with Crippen LogP contribution in [0.3, 0.4) is 0 Å². The zero-order valence-electron chi connectivity index (χ0n) is 23.2. The number of likely N-dealkylation sites (tertiary alicyclic amines) is 1. The Hall–Kier alpha value is -2.53. The lowest BCUT2D eigenvalue weighted by atomic mass is 9.84. The predicted molar refractivity (Wildman–Crippen MR) is 152 cm³/mol. The van der Waals surface area contributed by atoms with E-state index in [0.29, 0.717) is 12.6 Å². The summed E-state index contributed by atoms with van der Waals surface area (Å²) >= 11 is 0. The Morgan fingerprint density at radius 2 is 1.67 bits per heavy atom. The molecule has 4 rings (SSSR count). The molecule has 2 aliphatic heterocycles. The highest BCUT2D eigenvalue weighted by molar-refractivity contribution is 5.66. The first kappa shape index (κ1) is 28.0. The summed E-state index contributed by atoms with van der Waals surface area (Å²) in [5, 5.41) is 0. The molecule has 2 heterocycles. The van der Waals surface area contributed by atoms with Gasteiger partial charge >= 0.3 is 0 Å². The SMILES string of the molecule is C=C(c1cccc(C)c1C)N1CCN(c2ccc(OCCCN3CCCC(C)(C)C3)cc2)CC1.CF. The minimum atomic E-state index is 0.465. The molecule has 0 bridgehead atoms. The Balaban J connectivity index is 0.00000176. The van der Waals surface area contributed by atoms with E-state index in [4.69, 9.17) is 4.74 Å². The molecule has 2 fully saturated rings. The third kappa shape index (κ3) is 7.49. The Kier molecular flexibility index (Phi) is 10.2. The maximum absolute atomic E-state index is 9.50. The molecular formula is C31H46FN3O. The van der Waals surface area contributed by atoms with E-state index in [1.807, 2.05) is 0 Å². The number of ether oxygens (including phenoxy) is 1. The Morgan fingerprint density at radius 1 is 0.972 bits per heavy atom. The van der Waals surface area contributed by atoms with Crippen LogP contribution in [0.2, 0.25) is 0 Å². The zero-order valence-corrected chi connectivity index (χ0v) is 23.2. The van der Waals surface area contributed by atoms with Gasteiger partial charge < -0.3 is 19.4 Å². The van der Waals surface area contributed by atoms with Crippen LogP contribution in [0.5, 0.6) is 5.75 Å². The van der Waals surface area contributed by atoms with Crippen molar-refractivity contribution in [3.05, 3.63) is 65.7 Å². The minimum Gasteiger partial charge on any atom is -0.494 e. The highest BCUT2D eigenvalue weighted by Crippen LogP contribution is 2.29. The number of rotatable bonds is 8. The van der Waals surface area contributed by atoms with E-state index in [2.05, 4.69) is 91.4 Å². The van der Waals surface area contributed by atoms with Gasteiger partial charge in [-0.25, -0.2) is 0 Å². The van der Waals surface area contributed by atoms with Crippen molar-refractivity contribution in [3.8, 4) is 5.75 Å². The van der Waals surface area contributed by atoms with E-state index in [1.165, 1.54) is 48.3 Å². The van der Waals surface area contributed by atoms with Gasteiger partial charge in [0, 0.05) is 56.2 Å². The molecule has 2 saturated heterocycles. The van der Waals surface area contributed by atoms with E-state index >= 15 is 0 Å². The number of halogens is 1. The molecule has 0 unspecified atom stereocenters. The normalized spacial score (nSPS) is 17.8. The monoisotopic (exact) mass is 495 g/mol. The van der Waals surface area contributed by atoms with Crippen molar-refractivity contribution in [2.24, 2.45) is 5.41 Å². The van der Waals surface area contributed by atoms with E-state index in [1.54, 1.807) is 0 Å².